The highest BCUT2D eigenvalue weighted by Crippen LogP contribution is 2.27. The van der Waals surface area contributed by atoms with E-state index in [1.165, 1.54) is 10.4 Å². The number of hydrogen-bond acceptors (Lipinski definition) is 7. The van der Waals surface area contributed by atoms with E-state index in [1.54, 1.807) is 44.2 Å². The summed E-state index contributed by atoms with van der Waals surface area (Å²) in [7, 11) is -4.00. The first kappa shape index (κ1) is 33.2. The molecule has 0 aromatic heterocycles. The van der Waals surface area contributed by atoms with Crippen molar-refractivity contribution in [2.45, 2.75) is 32.7 Å². The molecule has 1 aliphatic heterocycles. The first-order valence-electron chi connectivity index (χ1n) is 13.2. The predicted molar refractivity (Wildman–Crippen MR) is 150 cm³/mol. The van der Waals surface area contributed by atoms with Gasteiger partial charge in [-0.05, 0) is 48.4 Å². The predicted octanol–water partition coefficient (Wildman–Crippen LogP) is 2.69. The molecule has 1 heterocycles. The fourth-order valence-electron chi connectivity index (χ4n) is 4.18. The van der Waals surface area contributed by atoms with Crippen LogP contribution in [-0.4, -0.2) is 74.8 Å². The highest BCUT2D eigenvalue weighted by Gasteiger charge is 2.34. The van der Waals surface area contributed by atoms with Gasteiger partial charge in [0, 0.05) is 43.0 Å². The number of halogens is 3. The van der Waals surface area contributed by atoms with Crippen LogP contribution in [0.25, 0.3) is 0 Å². The van der Waals surface area contributed by atoms with Crippen LogP contribution in [0.5, 0.6) is 5.75 Å². The number of alkyl halides is 3. The lowest BCUT2D eigenvalue weighted by molar-refractivity contribution is -0.274. The molecule has 0 bridgehead atoms. The number of hydrogen-bond donors (Lipinski definition) is 3. The van der Waals surface area contributed by atoms with Crippen molar-refractivity contribution in [2.24, 2.45) is 5.92 Å². The average molecular weight is 622 g/mol. The van der Waals surface area contributed by atoms with Gasteiger partial charge in [0.1, 0.15) is 18.3 Å². The number of nitrogens with one attached hydrogen (secondary N) is 2. The van der Waals surface area contributed by atoms with Gasteiger partial charge in [0.2, 0.25) is 0 Å². The summed E-state index contributed by atoms with van der Waals surface area (Å²) in [6.07, 6.45) is -4.52. The van der Waals surface area contributed by atoms with Crippen LogP contribution >= 0.6 is 0 Å². The van der Waals surface area contributed by atoms with E-state index in [-0.39, 0.29) is 24.6 Å². The molecule has 2 aromatic carbocycles. The summed E-state index contributed by atoms with van der Waals surface area (Å²) in [5, 5.41) is 20.3. The van der Waals surface area contributed by atoms with E-state index in [9.17, 15) is 36.3 Å². The Kier molecular flexibility index (Phi) is 11.0. The zero-order valence-corrected chi connectivity index (χ0v) is 24.1. The molecule has 2 unspecified atom stereocenters. The van der Waals surface area contributed by atoms with Gasteiger partial charge in [-0.25, -0.2) is 0 Å². The maximum absolute atomic E-state index is 12.8. The number of aliphatic carboxylic acids is 1. The Labute approximate surface area is 247 Å². The van der Waals surface area contributed by atoms with Crippen molar-refractivity contribution in [2.75, 3.05) is 37.6 Å². The van der Waals surface area contributed by atoms with Crippen molar-refractivity contribution >= 4 is 27.8 Å². The number of rotatable bonds is 10. The highest BCUT2D eigenvalue weighted by molar-refractivity contribution is 7.87. The summed E-state index contributed by atoms with van der Waals surface area (Å²) in [5.41, 5.74) is 1.20. The third kappa shape index (κ3) is 9.34. The summed E-state index contributed by atoms with van der Waals surface area (Å²) in [4.78, 5) is 25.8. The molecule has 1 aliphatic rings. The minimum Gasteiger partial charge on any atom is -0.480 e. The Bertz CT molecular complexity index is 1520. The number of carbonyl (C=O) groups is 2. The number of carbonyl (C=O) groups excluding carboxylic acids is 1. The van der Waals surface area contributed by atoms with Crippen LogP contribution in [0.2, 0.25) is 0 Å². The maximum Gasteiger partial charge on any atom is 0.573 e. The van der Waals surface area contributed by atoms with Crippen molar-refractivity contribution in [3.05, 3.63) is 59.2 Å². The SMILES string of the molecule is CCC(C)C(NS(=O)(=O)N1CCN(c2ccc(C#Cc3ccc(OC(F)(F)F)c(C(=O)NCC#N)c3)cc2)CC1)C(=O)O. The summed E-state index contributed by atoms with van der Waals surface area (Å²) < 4.78 is 71.4. The summed E-state index contributed by atoms with van der Waals surface area (Å²) in [5.74, 6) is 2.41. The number of nitriles is 1. The summed E-state index contributed by atoms with van der Waals surface area (Å²) >= 11 is 0. The minimum atomic E-state index is -5.02. The monoisotopic (exact) mass is 621 g/mol. The molecule has 0 radical (unpaired) electrons. The zero-order valence-electron chi connectivity index (χ0n) is 23.3. The molecule has 43 heavy (non-hydrogen) atoms. The van der Waals surface area contributed by atoms with E-state index in [2.05, 4.69) is 26.6 Å². The van der Waals surface area contributed by atoms with Crippen LogP contribution in [-0.2, 0) is 15.0 Å². The van der Waals surface area contributed by atoms with Crippen molar-refractivity contribution in [3.8, 4) is 23.7 Å². The average Bonchev–Trinajstić information content (AvgIpc) is 2.97. The second-order valence-corrected chi connectivity index (χ2v) is 11.3. The molecular formula is C28H30F3N5O6S. The van der Waals surface area contributed by atoms with Crippen LogP contribution in [0, 0.1) is 29.1 Å². The van der Waals surface area contributed by atoms with Crippen LogP contribution in [0.15, 0.2) is 42.5 Å². The number of benzene rings is 2. The minimum absolute atomic E-state index is 0.155. The molecule has 2 aromatic rings. The Morgan fingerprint density at radius 1 is 1.07 bits per heavy atom. The second kappa shape index (κ2) is 14.2. The molecule has 0 saturated carbocycles. The van der Waals surface area contributed by atoms with Gasteiger partial charge < -0.3 is 20.1 Å². The van der Waals surface area contributed by atoms with Gasteiger partial charge in [0.15, 0.2) is 0 Å². The lowest BCUT2D eigenvalue weighted by atomic mass is 10.0. The van der Waals surface area contributed by atoms with E-state index in [4.69, 9.17) is 5.26 Å². The van der Waals surface area contributed by atoms with Crippen molar-refractivity contribution in [1.29, 1.82) is 5.26 Å². The molecule has 1 fully saturated rings. The fraction of sp³-hybridized carbons (Fsp3) is 0.393. The molecule has 3 N–H and O–H groups in total. The van der Waals surface area contributed by atoms with Crippen LogP contribution in [0.4, 0.5) is 18.9 Å². The Morgan fingerprint density at radius 3 is 2.23 bits per heavy atom. The number of amides is 1. The Morgan fingerprint density at radius 2 is 1.67 bits per heavy atom. The Balaban J connectivity index is 1.67. The maximum atomic E-state index is 12.8. The molecule has 1 amide bonds. The van der Waals surface area contributed by atoms with Crippen molar-refractivity contribution in [1.82, 2.24) is 14.3 Å². The van der Waals surface area contributed by atoms with E-state index in [0.717, 1.165) is 17.8 Å². The topological polar surface area (TPSA) is 152 Å². The lowest BCUT2D eigenvalue weighted by Crippen LogP contribution is -2.56. The third-order valence-electron chi connectivity index (χ3n) is 6.69. The smallest absolute Gasteiger partial charge is 0.480 e. The van der Waals surface area contributed by atoms with Gasteiger partial charge in [-0.1, -0.05) is 32.1 Å². The van der Waals surface area contributed by atoms with E-state index in [0.29, 0.717) is 25.1 Å². The number of nitrogens with zero attached hydrogens (tertiary/aromatic N) is 3. The molecule has 230 valence electrons. The van der Waals surface area contributed by atoms with Gasteiger partial charge in [-0.2, -0.15) is 22.7 Å². The molecule has 0 spiro atoms. The largest absolute Gasteiger partial charge is 0.573 e. The van der Waals surface area contributed by atoms with Crippen molar-refractivity contribution < 1.29 is 41.0 Å². The van der Waals surface area contributed by atoms with E-state index in [1.807, 2.05) is 4.90 Å². The molecule has 1 saturated heterocycles. The fourth-order valence-corrected chi connectivity index (χ4v) is 5.63. The van der Waals surface area contributed by atoms with Crippen LogP contribution in [0.3, 0.4) is 0 Å². The van der Waals surface area contributed by atoms with Gasteiger partial charge in [-0.15, -0.1) is 13.2 Å². The van der Waals surface area contributed by atoms with Crippen LogP contribution < -0.4 is 19.7 Å². The first-order valence-corrected chi connectivity index (χ1v) is 14.6. The van der Waals surface area contributed by atoms with Crippen molar-refractivity contribution in [3.63, 3.8) is 0 Å². The number of carboxylic acids is 1. The highest BCUT2D eigenvalue weighted by atomic mass is 32.2. The van der Waals surface area contributed by atoms with Gasteiger partial charge in [0.05, 0.1) is 11.6 Å². The molecule has 3 rings (SSSR count). The normalized spacial score (nSPS) is 15.4. The van der Waals surface area contributed by atoms with Crippen LogP contribution in [0.1, 0.15) is 41.8 Å². The standard InChI is InChI=1S/C28H30F3N5O6S/c1-3-19(2)25(27(38)39)34-43(40,41)36-16-14-35(15-17-36)22-9-6-20(7-10-22)4-5-21-8-11-24(42-28(29,30)31)23(18-21)26(37)33-13-12-32/h6-11,18-19,25,34H,3,13-17H2,1-2H3,(H,33,37)(H,38,39). The summed E-state index contributed by atoms with van der Waals surface area (Å²) in [6, 6.07) is 10.9. The molecule has 15 heteroatoms. The molecule has 11 nitrogen and oxygen atoms in total. The first-order chi connectivity index (χ1) is 20.2. The second-order valence-electron chi connectivity index (χ2n) is 9.61. The van der Waals surface area contributed by atoms with Gasteiger partial charge in [-0.3, -0.25) is 9.59 Å². The number of anilines is 1. The number of carboxylic acid groups (broad SMARTS) is 1. The number of piperazine rings is 1. The summed E-state index contributed by atoms with van der Waals surface area (Å²) in [6.45, 7) is 4.11. The molecule has 0 aliphatic carbocycles. The zero-order chi connectivity index (χ0) is 31.8. The molecule has 2 atom stereocenters. The van der Waals surface area contributed by atoms with E-state index >= 15 is 0 Å². The van der Waals surface area contributed by atoms with E-state index < -0.39 is 52.3 Å². The third-order valence-corrected chi connectivity index (χ3v) is 8.29. The number of ether oxygens (including phenoxy) is 1. The quantitative estimate of drug-likeness (QED) is 0.271. The lowest BCUT2D eigenvalue weighted by Gasteiger charge is -2.36. The molecular weight excluding hydrogens is 591 g/mol. The van der Waals surface area contributed by atoms with Gasteiger partial charge >= 0.3 is 12.3 Å². The Hall–Kier alpha value is -4.31. The van der Waals surface area contributed by atoms with Gasteiger partial charge in [0.25, 0.3) is 16.1 Å².